The molecule has 0 aliphatic heterocycles. The highest BCUT2D eigenvalue weighted by atomic mass is 79.9. The topological polar surface area (TPSA) is 55.8 Å². The van der Waals surface area contributed by atoms with Crippen LogP contribution in [-0.4, -0.2) is 37.9 Å². The summed E-state index contributed by atoms with van der Waals surface area (Å²) in [5, 5.41) is 0. The van der Waals surface area contributed by atoms with Crippen molar-refractivity contribution >= 4 is 27.6 Å². The third-order valence-corrected chi connectivity index (χ3v) is 4.55. The van der Waals surface area contributed by atoms with E-state index in [0.717, 1.165) is 10.0 Å². The van der Waals surface area contributed by atoms with Gasteiger partial charge in [0, 0.05) is 36.5 Å². The molecular formula is C20H22BrNO4. The van der Waals surface area contributed by atoms with Gasteiger partial charge in [0.1, 0.15) is 0 Å². The summed E-state index contributed by atoms with van der Waals surface area (Å²) in [6.45, 7) is 0.436. The molecule has 0 N–H and O–H groups in total. The molecule has 0 aliphatic carbocycles. The number of benzene rings is 2. The molecule has 0 aliphatic rings. The maximum atomic E-state index is 12.3. The van der Waals surface area contributed by atoms with Gasteiger partial charge in [-0.15, -0.1) is 0 Å². The summed E-state index contributed by atoms with van der Waals surface area (Å²) in [6.07, 6.45) is 0.370. The van der Waals surface area contributed by atoms with Crippen LogP contribution in [0.1, 0.15) is 28.8 Å². The minimum atomic E-state index is -0.0785. The Labute approximate surface area is 162 Å². The molecule has 0 spiro atoms. The van der Waals surface area contributed by atoms with Crippen LogP contribution in [0.3, 0.4) is 0 Å². The smallest absolute Gasteiger partial charge is 0.223 e. The van der Waals surface area contributed by atoms with E-state index in [4.69, 9.17) is 9.47 Å². The zero-order valence-electron chi connectivity index (χ0n) is 15.1. The number of rotatable bonds is 8. The number of ketones is 1. The Hall–Kier alpha value is -2.34. The molecule has 0 heterocycles. The van der Waals surface area contributed by atoms with Crippen molar-refractivity contribution in [1.29, 1.82) is 0 Å². The van der Waals surface area contributed by atoms with Gasteiger partial charge >= 0.3 is 0 Å². The van der Waals surface area contributed by atoms with Crippen molar-refractivity contribution in [1.82, 2.24) is 4.90 Å². The summed E-state index contributed by atoms with van der Waals surface area (Å²) >= 11 is 3.34. The molecule has 0 radical (unpaired) electrons. The fourth-order valence-electron chi connectivity index (χ4n) is 2.53. The van der Waals surface area contributed by atoms with Gasteiger partial charge in [0.2, 0.25) is 5.91 Å². The Morgan fingerprint density at radius 3 is 2.23 bits per heavy atom. The van der Waals surface area contributed by atoms with Crippen molar-refractivity contribution in [2.24, 2.45) is 0 Å². The molecule has 26 heavy (non-hydrogen) atoms. The Morgan fingerprint density at radius 2 is 1.62 bits per heavy atom. The van der Waals surface area contributed by atoms with E-state index in [1.807, 2.05) is 30.3 Å². The van der Waals surface area contributed by atoms with E-state index in [-0.39, 0.29) is 24.5 Å². The highest BCUT2D eigenvalue weighted by Gasteiger charge is 2.14. The van der Waals surface area contributed by atoms with Gasteiger partial charge < -0.3 is 14.4 Å². The standard InChI is InChI=1S/C20H22BrNO4/c1-22(13-14-4-10-18(25-2)19(12-14)26-3)20(24)11-9-17(23)15-5-7-16(21)8-6-15/h4-8,10,12H,9,11,13H2,1-3H3. The minimum absolute atomic E-state index is 0.0367. The summed E-state index contributed by atoms with van der Waals surface area (Å²) in [4.78, 5) is 26.1. The molecule has 0 saturated carbocycles. The van der Waals surface area contributed by atoms with Crippen molar-refractivity contribution in [2.75, 3.05) is 21.3 Å². The molecule has 0 aromatic heterocycles. The molecule has 5 nitrogen and oxygen atoms in total. The lowest BCUT2D eigenvalue weighted by Crippen LogP contribution is -2.26. The molecule has 1 amide bonds. The lowest BCUT2D eigenvalue weighted by atomic mass is 10.1. The van der Waals surface area contributed by atoms with Crippen molar-refractivity contribution in [3.05, 3.63) is 58.1 Å². The van der Waals surface area contributed by atoms with Crippen LogP contribution < -0.4 is 9.47 Å². The predicted molar refractivity (Wildman–Crippen MR) is 104 cm³/mol. The van der Waals surface area contributed by atoms with E-state index in [1.54, 1.807) is 38.3 Å². The Morgan fingerprint density at radius 1 is 0.962 bits per heavy atom. The van der Waals surface area contributed by atoms with Gasteiger partial charge in [0.15, 0.2) is 17.3 Å². The maximum absolute atomic E-state index is 12.3. The molecule has 2 rings (SSSR count). The number of carbonyl (C=O) groups excluding carboxylic acids is 2. The monoisotopic (exact) mass is 419 g/mol. The van der Waals surface area contributed by atoms with Crippen molar-refractivity contribution in [3.63, 3.8) is 0 Å². The molecule has 2 aromatic rings. The van der Waals surface area contributed by atoms with Crippen LogP contribution in [-0.2, 0) is 11.3 Å². The van der Waals surface area contributed by atoms with Crippen molar-refractivity contribution in [2.45, 2.75) is 19.4 Å². The summed E-state index contributed by atoms with van der Waals surface area (Å²) in [5.41, 5.74) is 1.54. The second-order valence-corrected chi connectivity index (χ2v) is 6.78. The molecule has 0 atom stereocenters. The second-order valence-electron chi connectivity index (χ2n) is 5.87. The van der Waals surface area contributed by atoms with Crippen LogP contribution in [0.5, 0.6) is 11.5 Å². The SMILES string of the molecule is COc1ccc(CN(C)C(=O)CCC(=O)c2ccc(Br)cc2)cc1OC. The van der Waals surface area contributed by atoms with Crippen LogP contribution in [0.4, 0.5) is 0 Å². The summed E-state index contributed by atoms with van der Waals surface area (Å²) < 4.78 is 11.4. The average molecular weight is 420 g/mol. The fraction of sp³-hybridized carbons (Fsp3) is 0.300. The first-order chi connectivity index (χ1) is 12.4. The van der Waals surface area contributed by atoms with Gasteiger partial charge in [0.05, 0.1) is 14.2 Å². The van der Waals surface area contributed by atoms with E-state index in [9.17, 15) is 9.59 Å². The molecule has 6 heteroatoms. The van der Waals surface area contributed by atoms with E-state index in [2.05, 4.69) is 15.9 Å². The minimum Gasteiger partial charge on any atom is -0.493 e. The van der Waals surface area contributed by atoms with E-state index < -0.39 is 0 Å². The highest BCUT2D eigenvalue weighted by molar-refractivity contribution is 9.10. The summed E-state index contributed by atoms with van der Waals surface area (Å²) in [5.74, 6) is 1.15. The van der Waals surface area contributed by atoms with E-state index in [1.165, 1.54) is 0 Å². The predicted octanol–water partition coefficient (Wildman–Crippen LogP) is 4.09. The second kappa shape index (κ2) is 9.38. The molecule has 0 unspecified atom stereocenters. The molecule has 0 saturated heterocycles. The first-order valence-electron chi connectivity index (χ1n) is 8.18. The molecular weight excluding hydrogens is 398 g/mol. The summed E-state index contributed by atoms with van der Waals surface area (Å²) in [7, 11) is 4.88. The van der Waals surface area contributed by atoms with Crippen molar-refractivity contribution < 1.29 is 19.1 Å². The van der Waals surface area contributed by atoms with Gasteiger partial charge in [-0.1, -0.05) is 34.1 Å². The molecule has 138 valence electrons. The zero-order chi connectivity index (χ0) is 19.1. The van der Waals surface area contributed by atoms with E-state index >= 15 is 0 Å². The van der Waals surface area contributed by atoms with Crippen LogP contribution in [0.25, 0.3) is 0 Å². The third kappa shape index (κ3) is 5.33. The van der Waals surface area contributed by atoms with Gasteiger partial charge in [-0.2, -0.15) is 0 Å². The van der Waals surface area contributed by atoms with Crippen LogP contribution >= 0.6 is 15.9 Å². The van der Waals surface area contributed by atoms with Gasteiger partial charge in [-0.25, -0.2) is 0 Å². The van der Waals surface area contributed by atoms with Crippen molar-refractivity contribution in [3.8, 4) is 11.5 Å². The third-order valence-electron chi connectivity index (χ3n) is 4.03. The quantitative estimate of drug-likeness (QED) is 0.604. The number of ether oxygens (including phenoxy) is 2. The number of hydrogen-bond donors (Lipinski definition) is 0. The molecule has 0 fully saturated rings. The lowest BCUT2D eigenvalue weighted by Gasteiger charge is -2.18. The molecule has 0 bridgehead atoms. The Bertz CT molecular complexity index is 774. The number of nitrogens with zero attached hydrogens (tertiary/aromatic N) is 1. The number of hydrogen-bond acceptors (Lipinski definition) is 4. The number of Topliss-reactive ketones (excluding diaryl/α,β-unsaturated/α-hetero) is 1. The zero-order valence-corrected chi connectivity index (χ0v) is 16.7. The van der Waals surface area contributed by atoms with Crippen LogP contribution in [0.15, 0.2) is 46.9 Å². The number of carbonyl (C=O) groups is 2. The summed E-state index contributed by atoms with van der Waals surface area (Å²) in [6, 6.07) is 12.7. The van der Waals surface area contributed by atoms with E-state index in [0.29, 0.717) is 23.6 Å². The van der Waals surface area contributed by atoms with Gasteiger partial charge in [-0.3, -0.25) is 9.59 Å². The first-order valence-corrected chi connectivity index (χ1v) is 8.97. The lowest BCUT2D eigenvalue weighted by molar-refractivity contribution is -0.130. The normalized spacial score (nSPS) is 10.3. The van der Waals surface area contributed by atoms with Gasteiger partial charge in [-0.05, 0) is 29.8 Å². The largest absolute Gasteiger partial charge is 0.493 e. The number of methoxy groups -OCH3 is 2. The Kier molecular flexibility index (Phi) is 7.21. The van der Waals surface area contributed by atoms with Gasteiger partial charge in [0.25, 0.3) is 0 Å². The Balaban J connectivity index is 1.91. The average Bonchev–Trinajstić information content (AvgIpc) is 2.66. The number of amides is 1. The van der Waals surface area contributed by atoms with Crippen LogP contribution in [0, 0.1) is 0 Å². The first kappa shape index (κ1) is 20.0. The highest BCUT2D eigenvalue weighted by Crippen LogP contribution is 2.28. The van der Waals surface area contributed by atoms with Crippen LogP contribution in [0.2, 0.25) is 0 Å². The number of halogens is 1. The molecule has 2 aromatic carbocycles. The maximum Gasteiger partial charge on any atom is 0.223 e. The fourth-order valence-corrected chi connectivity index (χ4v) is 2.80.